The van der Waals surface area contributed by atoms with Gasteiger partial charge in [0.2, 0.25) is 5.43 Å². The number of H-pyrrole nitrogens is 2. The molecule has 0 saturated heterocycles. The number of hydrogen-bond acceptors (Lipinski definition) is 3. The summed E-state index contributed by atoms with van der Waals surface area (Å²) in [6.45, 7) is 4.41. The molecule has 0 unspecified atom stereocenters. The Morgan fingerprint density at radius 3 is 1.84 bits per heavy atom. The summed E-state index contributed by atoms with van der Waals surface area (Å²) in [5.41, 5.74) is 3.35. The standard InChI is InChI=1S/C16H21NO2.C16H21NO/c1-2-3-4-5-6-11-14-16(19)15(18)12-9-7-8-10-13(12)17-14;1-2-3-4-5-6-9-13-12-16(18)14-10-7-8-11-15(14)17-13/h7-10,19H,2-6,11H2,1H3,(H,17,18);7-8,10-12H,2-6,9H2,1H3,(H,17,18). The van der Waals surface area contributed by atoms with E-state index in [-0.39, 0.29) is 16.6 Å². The lowest BCUT2D eigenvalue weighted by molar-refractivity contribution is 0.458. The molecule has 0 amide bonds. The lowest BCUT2D eigenvalue weighted by Gasteiger charge is -2.07. The average molecular weight is 503 g/mol. The summed E-state index contributed by atoms with van der Waals surface area (Å²) in [5.74, 6) is -0.116. The molecular weight excluding hydrogens is 460 g/mol. The highest BCUT2D eigenvalue weighted by atomic mass is 16.3. The summed E-state index contributed by atoms with van der Waals surface area (Å²) >= 11 is 0. The maximum Gasteiger partial charge on any atom is 0.231 e. The molecule has 0 aliphatic rings. The topological polar surface area (TPSA) is 85.9 Å². The first-order chi connectivity index (χ1) is 18.0. The highest BCUT2D eigenvalue weighted by molar-refractivity contribution is 5.80. The van der Waals surface area contributed by atoms with E-state index < -0.39 is 0 Å². The molecule has 2 heterocycles. The molecule has 198 valence electrons. The van der Waals surface area contributed by atoms with Crippen LogP contribution in [0.15, 0.2) is 64.2 Å². The quantitative estimate of drug-likeness (QED) is 0.173. The van der Waals surface area contributed by atoms with Gasteiger partial charge in [0.05, 0.1) is 5.69 Å². The summed E-state index contributed by atoms with van der Waals surface area (Å²) in [6, 6.07) is 16.8. The highest BCUT2D eigenvalue weighted by Gasteiger charge is 2.10. The smallest absolute Gasteiger partial charge is 0.231 e. The van der Waals surface area contributed by atoms with Gasteiger partial charge in [-0.3, -0.25) is 9.59 Å². The Balaban J connectivity index is 0.000000206. The minimum Gasteiger partial charge on any atom is -0.503 e. The molecule has 0 bridgehead atoms. The van der Waals surface area contributed by atoms with Crippen LogP contribution in [-0.4, -0.2) is 15.1 Å². The Morgan fingerprint density at radius 1 is 0.649 bits per heavy atom. The van der Waals surface area contributed by atoms with Crippen LogP contribution in [-0.2, 0) is 12.8 Å². The van der Waals surface area contributed by atoms with E-state index in [1.807, 2.05) is 36.4 Å². The number of benzene rings is 2. The molecule has 4 aromatic rings. The van der Waals surface area contributed by atoms with Crippen molar-refractivity contribution in [1.82, 2.24) is 9.97 Å². The predicted molar refractivity (Wildman–Crippen MR) is 156 cm³/mol. The van der Waals surface area contributed by atoms with Crippen LogP contribution in [0.2, 0.25) is 0 Å². The van der Waals surface area contributed by atoms with Crippen molar-refractivity contribution in [2.75, 3.05) is 0 Å². The van der Waals surface area contributed by atoms with Crippen LogP contribution in [0.5, 0.6) is 5.75 Å². The highest BCUT2D eigenvalue weighted by Crippen LogP contribution is 2.18. The van der Waals surface area contributed by atoms with Crippen LogP contribution in [0, 0.1) is 0 Å². The predicted octanol–water partition coefficient (Wildman–Crippen LogP) is 7.79. The van der Waals surface area contributed by atoms with E-state index in [9.17, 15) is 14.7 Å². The normalized spacial score (nSPS) is 11.0. The third-order valence-corrected chi connectivity index (χ3v) is 6.83. The average Bonchev–Trinajstić information content (AvgIpc) is 2.91. The molecule has 0 fully saturated rings. The van der Waals surface area contributed by atoms with Gasteiger partial charge in [0.25, 0.3) is 0 Å². The maximum absolute atomic E-state index is 12.0. The summed E-state index contributed by atoms with van der Waals surface area (Å²) in [5, 5.41) is 11.3. The Labute approximate surface area is 220 Å². The van der Waals surface area contributed by atoms with Crippen LogP contribution in [0.25, 0.3) is 21.8 Å². The maximum atomic E-state index is 12.0. The van der Waals surface area contributed by atoms with Crippen molar-refractivity contribution in [3.8, 4) is 5.75 Å². The number of aryl methyl sites for hydroxylation is 2. The lowest BCUT2D eigenvalue weighted by Crippen LogP contribution is -2.07. The van der Waals surface area contributed by atoms with Gasteiger partial charge in [0, 0.05) is 33.6 Å². The second kappa shape index (κ2) is 15.0. The molecule has 5 nitrogen and oxygen atoms in total. The van der Waals surface area contributed by atoms with Crippen LogP contribution in [0.3, 0.4) is 0 Å². The summed E-state index contributed by atoms with van der Waals surface area (Å²) in [6.07, 6.45) is 13.8. The van der Waals surface area contributed by atoms with E-state index in [0.29, 0.717) is 11.1 Å². The molecule has 0 atom stereocenters. The first-order valence-corrected chi connectivity index (χ1v) is 14.0. The largest absolute Gasteiger partial charge is 0.503 e. The number of para-hydroxylation sites is 2. The molecular formula is C32H42N2O3. The fourth-order valence-corrected chi connectivity index (χ4v) is 4.67. The van der Waals surface area contributed by atoms with Gasteiger partial charge in [0.1, 0.15) is 0 Å². The number of nitrogens with one attached hydrogen (secondary N) is 2. The Kier molecular flexibility index (Phi) is 11.5. The van der Waals surface area contributed by atoms with Crippen molar-refractivity contribution >= 4 is 21.8 Å². The van der Waals surface area contributed by atoms with Crippen molar-refractivity contribution in [3.05, 3.63) is 86.4 Å². The molecule has 0 spiro atoms. The minimum atomic E-state index is -0.266. The van der Waals surface area contributed by atoms with Gasteiger partial charge in [-0.2, -0.15) is 0 Å². The number of unbranched alkanes of at least 4 members (excludes halogenated alkanes) is 8. The van der Waals surface area contributed by atoms with Crippen molar-refractivity contribution in [2.45, 2.75) is 90.9 Å². The second-order valence-electron chi connectivity index (χ2n) is 9.86. The number of fused-ring (bicyclic) bond motifs is 2. The van der Waals surface area contributed by atoms with E-state index in [4.69, 9.17) is 0 Å². The van der Waals surface area contributed by atoms with Crippen LogP contribution in [0.4, 0.5) is 0 Å². The van der Waals surface area contributed by atoms with Gasteiger partial charge in [-0.15, -0.1) is 0 Å². The Morgan fingerprint density at radius 2 is 1.19 bits per heavy atom. The fraction of sp³-hybridized carbons (Fsp3) is 0.438. The van der Waals surface area contributed by atoms with Gasteiger partial charge in [-0.25, -0.2) is 0 Å². The number of hydrogen-bond donors (Lipinski definition) is 3. The van der Waals surface area contributed by atoms with Gasteiger partial charge in [0.15, 0.2) is 11.2 Å². The number of rotatable bonds is 12. The Bertz CT molecular complexity index is 1370. The molecule has 0 saturated carbocycles. The lowest BCUT2D eigenvalue weighted by atomic mass is 10.1. The zero-order chi connectivity index (χ0) is 26.5. The van der Waals surface area contributed by atoms with Gasteiger partial charge in [-0.05, 0) is 49.9 Å². The van der Waals surface area contributed by atoms with E-state index in [1.54, 1.807) is 18.2 Å². The fourth-order valence-electron chi connectivity index (χ4n) is 4.67. The van der Waals surface area contributed by atoms with Crippen molar-refractivity contribution < 1.29 is 5.11 Å². The summed E-state index contributed by atoms with van der Waals surface area (Å²) < 4.78 is 0. The first kappa shape index (κ1) is 28.2. The molecule has 0 radical (unpaired) electrons. The molecule has 2 aromatic heterocycles. The molecule has 3 N–H and O–H groups in total. The van der Waals surface area contributed by atoms with Gasteiger partial charge < -0.3 is 15.1 Å². The summed E-state index contributed by atoms with van der Waals surface area (Å²) in [4.78, 5) is 30.5. The van der Waals surface area contributed by atoms with E-state index in [0.717, 1.165) is 54.2 Å². The first-order valence-electron chi connectivity index (χ1n) is 14.0. The molecule has 4 rings (SSSR count). The van der Waals surface area contributed by atoms with E-state index in [2.05, 4.69) is 23.8 Å². The zero-order valence-electron chi connectivity index (χ0n) is 22.4. The second-order valence-corrected chi connectivity index (χ2v) is 9.86. The van der Waals surface area contributed by atoms with Gasteiger partial charge in [-0.1, -0.05) is 89.5 Å². The minimum absolute atomic E-state index is 0.116. The van der Waals surface area contributed by atoms with Crippen molar-refractivity contribution in [1.29, 1.82) is 0 Å². The molecule has 0 aliphatic heterocycles. The molecule has 0 aliphatic carbocycles. The van der Waals surface area contributed by atoms with Gasteiger partial charge >= 0.3 is 0 Å². The monoisotopic (exact) mass is 502 g/mol. The summed E-state index contributed by atoms with van der Waals surface area (Å²) in [7, 11) is 0. The third-order valence-electron chi connectivity index (χ3n) is 6.83. The SMILES string of the molecule is CCCCCCCc1[nH]c2ccccc2c(=O)c1O.CCCCCCCc1cc(=O)c2ccccc2[nH]1. The molecule has 2 aromatic carbocycles. The van der Waals surface area contributed by atoms with Crippen molar-refractivity contribution in [3.63, 3.8) is 0 Å². The van der Waals surface area contributed by atoms with Crippen LogP contribution < -0.4 is 10.9 Å². The molecule has 5 heteroatoms. The number of aromatic hydroxyl groups is 1. The zero-order valence-corrected chi connectivity index (χ0v) is 22.4. The molecule has 37 heavy (non-hydrogen) atoms. The van der Waals surface area contributed by atoms with Crippen LogP contribution in [0.1, 0.15) is 89.4 Å². The van der Waals surface area contributed by atoms with E-state index >= 15 is 0 Å². The van der Waals surface area contributed by atoms with Crippen LogP contribution >= 0.6 is 0 Å². The third kappa shape index (κ3) is 8.34. The Hall–Kier alpha value is -3.34. The number of aromatic amines is 2. The van der Waals surface area contributed by atoms with E-state index in [1.165, 1.54) is 44.9 Å². The number of aromatic nitrogens is 2. The number of pyridine rings is 2. The van der Waals surface area contributed by atoms with Crippen molar-refractivity contribution in [2.24, 2.45) is 0 Å².